The van der Waals surface area contributed by atoms with Gasteiger partial charge < -0.3 is 0 Å². The minimum atomic E-state index is 0.935. The van der Waals surface area contributed by atoms with E-state index in [1.807, 2.05) is 0 Å². The van der Waals surface area contributed by atoms with Crippen molar-refractivity contribution < 1.29 is 3.51 Å². The fraction of sp³-hybridized carbons (Fsp3) is 1.00. The first-order valence-electron chi connectivity index (χ1n) is 7.09. The van der Waals surface area contributed by atoms with Crippen LogP contribution in [0.15, 0.2) is 0 Å². The SMILES string of the molecule is CCCCCCCCCCCC[N+](C)(C)Br. The number of hydrogen-bond acceptors (Lipinski definition) is 0. The smallest absolute Gasteiger partial charge is 0.226 e. The van der Waals surface area contributed by atoms with Crippen molar-refractivity contribution in [1.29, 1.82) is 0 Å². The maximum absolute atomic E-state index is 3.63. The highest BCUT2D eigenvalue weighted by molar-refractivity contribution is 9.05. The van der Waals surface area contributed by atoms with Gasteiger partial charge in [-0.25, -0.2) is 0 Å². The summed E-state index contributed by atoms with van der Waals surface area (Å²) in [6.07, 6.45) is 14.2. The molecule has 98 valence electrons. The molecule has 0 aromatic rings. The highest BCUT2D eigenvalue weighted by atomic mass is 79.9. The van der Waals surface area contributed by atoms with Crippen molar-refractivity contribution in [3.05, 3.63) is 0 Å². The molecular weight excluding hydrogens is 262 g/mol. The predicted molar refractivity (Wildman–Crippen MR) is 77.7 cm³/mol. The standard InChI is InChI=1S/C14H31BrN/c1-4-5-6-7-8-9-10-11-12-13-14-16(2,3)15/h4-14H2,1-3H3/q+1. The summed E-state index contributed by atoms with van der Waals surface area (Å²) in [5, 5.41) is 0. The molecule has 0 aliphatic rings. The average Bonchev–Trinajstić information content (AvgIpc) is 2.19. The number of quaternary nitrogens is 1. The monoisotopic (exact) mass is 292 g/mol. The Balaban J connectivity index is 2.99. The normalized spacial score (nSPS) is 12.0. The van der Waals surface area contributed by atoms with Gasteiger partial charge in [0.2, 0.25) is 16.1 Å². The molecule has 0 N–H and O–H groups in total. The Morgan fingerprint density at radius 2 is 1.06 bits per heavy atom. The molecule has 0 saturated heterocycles. The topological polar surface area (TPSA) is 0 Å². The molecule has 0 fully saturated rings. The Morgan fingerprint density at radius 1 is 0.688 bits per heavy atom. The number of halogens is 1. The predicted octanol–water partition coefficient (Wildman–Crippen LogP) is 5.29. The number of rotatable bonds is 11. The van der Waals surface area contributed by atoms with Gasteiger partial charge in [-0.2, -0.15) is 0 Å². The summed E-state index contributed by atoms with van der Waals surface area (Å²) in [5.41, 5.74) is 0. The van der Waals surface area contributed by atoms with Crippen LogP contribution in [-0.4, -0.2) is 24.1 Å². The van der Waals surface area contributed by atoms with Crippen molar-refractivity contribution in [2.75, 3.05) is 20.6 Å². The Morgan fingerprint density at radius 3 is 1.44 bits per heavy atom. The van der Waals surface area contributed by atoms with Crippen LogP contribution < -0.4 is 0 Å². The summed E-state index contributed by atoms with van der Waals surface area (Å²) >= 11 is 3.63. The largest absolute Gasteiger partial charge is 0.261 e. The Hall–Kier alpha value is 0.440. The van der Waals surface area contributed by atoms with Gasteiger partial charge in [0.15, 0.2) is 0 Å². The zero-order valence-corrected chi connectivity index (χ0v) is 13.2. The Kier molecular flexibility index (Phi) is 10.9. The van der Waals surface area contributed by atoms with E-state index in [1.54, 1.807) is 0 Å². The van der Waals surface area contributed by atoms with E-state index >= 15 is 0 Å². The first-order valence-corrected chi connectivity index (χ1v) is 7.80. The molecule has 0 aromatic carbocycles. The van der Waals surface area contributed by atoms with Gasteiger partial charge in [-0.05, 0) is 12.8 Å². The van der Waals surface area contributed by atoms with E-state index in [4.69, 9.17) is 0 Å². The van der Waals surface area contributed by atoms with Crippen LogP contribution in [0.3, 0.4) is 0 Å². The summed E-state index contributed by atoms with van der Waals surface area (Å²) in [4.78, 5) is 0. The van der Waals surface area contributed by atoms with Crippen molar-refractivity contribution in [3.63, 3.8) is 0 Å². The lowest BCUT2D eigenvalue weighted by Gasteiger charge is -2.18. The molecule has 0 rings (SSSR count). The van der Waals surface area contributed by atoms with Crippen LogP contribution in [0.5, 0.6) is 0 Å². The Bertz CT molecular complexity index is 140. The molecular formula is C14H31BrN+. The highest BCUT2D eigenvalue weighted by Crippen LogP contribution is 2.13. The molecule has 1 nitrogen and oxygen atoms in total. The van der Waals surface area contributed by atoms with Crippen LogP contribution in [0.4, 0.5) is 0 Å². The molecule has 2 heteroatoms. The van der Waals surface area contributed by atoms with E-state index in [0.29, 0.717) is 0 Å². The van der Waals surface area contributed by atoms with Gasteiger partial charge in [0.05, 0.1) is 20.6 Å². The van der Waals surface area contributed by atoms with Gasteiger partial charge in [-0.15, -0.1) is 0 Å². The molecule has 0 spiro atoms. The van der Waals surface area contributed by atoms with Crippen LogP contribution in [0, 0.1) is 0 Å². The molecule has 0 unspecified atom stereocenters. The van der Waals surface area contributed by atoms with Gasteiger partial charge in [-0.3, -0.25) is 3.51 Å². The van der Waals surface area contributed by atoms with Crippen molar-refractivity contribution in [2.45, 2.75) is 71.1 Å². The minimum absolute atomic E-state index is 0.935. The van der Waals surface area contributed by atoms with E-state index in [-0.39, 0.29) is 0 Å². The fourth-order valence-corrected chi connectivity index (χ4v) is 2.23. The molecule has 0 atom stereocenters. The van der Waals surface area contributed by atoms with Gasteiger partial charge in [0.1, 0.15) is 0 Å². The molecule has 16 heavy (non-hydrogen) atoms. The number of nitrogens with zero attached hydrogens (tertiary/aromatic N) is 1. The van der Waals surface area contributed by atoms with Gasteiger partial charge in [0.25, 0.3) is 0 Å². The van der Waals surface area contributed by atoms with E-state index in [1.165, 1.54) is 70.8 Å². The van der Waals surface area contributed by atoms with Crippen LogP contribution >= 0.6 is 16.1 Å². The number of unbranched alkanes of at least 4 members (excludes halogenated alkanes) is 9. The van der Waals surface area contributed by atoms with Crippen LogP contribution in [0.1, 0.15) is 71.1 Å². The highest BCUT2D eigenvalue weighted by Gasteiger charge is 2.08. The average molecular weight is 293 g/mol. The molecule has 0 aliphatic heterocycles. The third-order valence-electron chi connectivity index (χ3n) is 3.04. The van der Waals surface area contributed by atoms with Crippen LogP contribution in [0.25, 0.3) is 0 Å². The van der Waals surface area contributed by atoms with Gasteiger partial charge in [0, 0.05) is 0 Å². The quantitative estimate of drug-likeness (QED) is 0.358. The third-order valence-corrected chi connectivity index (χ3v) is 3.40. The molecule has 0 amide bonds. The zero-order chi connectivity index (χ0) is 12.3. The second kappa shape index (κ2) is 10.6. The van der Waals surface area contributed by atoms with Crippen molar-refractivity contribution in [1.82, 2.24) is 0 Å². The lowest BCUT2D eigenvalue weighted by Crippen LogP contribution is -2.27. The summed E-state index contributed by atoms with van der Waals surface area (Å²) in [6, 6.07) is 0. The van der Waals surface area contributed by atoms with Crippen LogP contribution in [0.2, 0.25) is 0 Å². The summed E-state index contributed by atoms with van der Waals surface area (Å²) in [5.74, 6) is 0. The molecule has 0 heterocycles. The van der Waals surface area contributed by atoms with Gasteiger partial charge in [-0.1, -0.05) is 58.3 Å². The first-order chi connectivity index (χ1) is 7.56. The molecule has 0 aliphatic carbocycles. The van der Waals surface area contributed by atoms with E-state index < -0.39 is 0 Å². The second-order valence-corrected chi connectivity index (χ2v) is 7.36. The summed E-state index contributed by atoms with van der Waals surface area (Å²) in [6.45, 7) is 3.53. The first kappa shape index (κ1) is 16.4. The Labute approximate surface area is 112 Å². The molecule has 0 saturated carbocycles. The maximum atomic E-state index is 3.63. The van der Waals surface area contributed by atoms with E-state index in [0.717, 1.165) is 3.51 Å². The molecule has 0 bridgehead atoms. The number of hydrogen-bond donors (Lipinski definition) is 0. The van der Waals surface area contributed by atoms with Crippen molar-refractivity contribution in [3.8, 4) is 0 Å². The van der Waals surface area contributed by atoms with E-state index in [9.17, 15) is 0 Å². The van der Waals surface area contributed by atoms with E-state index in [2.05, 4.69) is 37.2 Å². The third kappa shape index (κ3) is 14.4. The molecule has 0 radical (unpaired) electrons. The zero-order valence-electron chi connectivity index (χ0n) is 11.6. The summed E-state index contributed by atoms with van der Waals surface area (Å²) < 4.78 is 0.935. The van der Waals surface area contributed by atoms with Crippen LogP contribution in [-0.2, 0) is 0 Å². The van der Waals surface area contributed by atoms with Crippen molar-refractivity contribution >= 4 is 16.1 Å². The van der Waals surface area contributed by atoms with Gasteiger partial charge >= 0.3 is 0 Å². The second-order valence-electron chi connectivity index (χ2n) is 5.44. The van der Waals surface area contributed by atoms with Crippen molar-refractivity contribution in [2.24, 2.45) is 0 Å². The lowest BCUT2D eigenvalue weighted by molar-refractivity contribution is -0.734. The maximum Gasteiger partial charge on any atom is 0.226 e. The summed E-state index contributed by atoms with van der Waals surface area (Å²) in [7, 11) is 4.40. The minimum Gasteiger partial charge on any atom is -0.261 e. The molecule has 0 aromatic heterocycles. The fourth-order valence-electron chi connectivity index (χ4n) is 1.98. The lowest BCUT2D eigenvalue weighted by atomic mass is 10.1.